The third kappa shape index (κ3) is 4.96. The highest BCUT2D eigenvalue weighted by molar-refractivity contribution is 5.95. The molecule has 0 unspecified atom stereocenters. The van der Waals surface area contributed by atoms with Crippen molar-refractivity contribution in [2.24, 2.45) is 5.92 Å². The average Bonchev–Trinajstić information content (AvgIpc) is 3.15. The van der Waals surface area contributed by atoms with Gasteiger partial charge in [-0.2, -0.15) is 0 Å². The Morgan fingerprint density at radius 1 is 1.19 bits per heavy atom. The first kappa shape index (κ1) is 22.3. The first-order valence-electron chi connectivity index (χ1n) is 11.6. The smallest absolute Gasteiger partial charge is 0.270 e. The van der Waals surface area contributed by atoms with Crippen LogP contribution < -0.4 is 10.1 Å². The second kappa shape index (κ2) is 10.2. The van der Waals surface area contributed by atoms with E-state index in [0.717, 1.165) is 11.1 Å². The minimum absolute atomic E-state index is 0.133. The van der Waals surface area contributed by atoms with Crippen molar-refractivity contribution in [3.63, 3.8) is 0 Å². The summed E-state index contributed by atoms with van der Waals surface area (Å²) in [5.74, 6) is 1.06. The van der Waals surface area contributed by atoms with E-state index < -0.39 is 0 Å². The van der Waals surface area contributed by atoms with Crippen LogP contribution in [0.3, 0.4) is 0 Å². The number of pyridine rings is 1. The van der Waals surface area contributed by atoms with Crippen LogP contribution in [0.25, 0.3) is 5.65 Å². The number of rotatable bonds is 8. The van der Waals surface area contributed by atoms with Gasteiger partial charge in [0, 0.05) is 6.20 Å². The molecular weight excluding hydrogens is 402 g/mol. The second-order valence-electron chi connectivity index (χ2n) is 8.91. The van der Waals surface area contributed by atoms with Gasteiger partial charge in [-0.3, -0.25) is 9.20 Å². The van der Waals surface area contributed by atoms with Gasteiger partial charge in [0.1, 0.15) is 5.69 Å². The monoisotopic (exact) mass is 435 g/mol. The highest BCUT2D eigenvalue weighted by atomic mass is 16.5. The van der Waals surface area contributed by atoms with Gasteiger partial charge in [-0.15, -0.1) is 0 Å². The number of benzene rings is 1. The molecule has 0 bridgehead atoms. The van der Waals surface area contributed by atoms with Crippen molar-refractivity contribution in [3.05, 3.63) is 65.1 Å². The largest absolute Gasteiger partial charge is 0.489 e. The number of hydrogen-bond donors (Lipinski definition) is 2. The van der Waals surface area contributed by atoms with Crippen LogP contribution in [0.4, 0.5) is 0 Å². The Balaban J connectivity index is 1.51. The maximum atomic E-state index is 13.2. The van der Waals surface area contributed by atoms with E-state index >= 15 is 0 Å². The summed E-state index contributed by atoms with van der Waals surface area (Å²) in [5.41, 5.74) is 4.03. The molecule has 1 amide bonds. The van der Waals surface area contributed by atoms with Crippen LogP contribution in [-0.4, -0.2) is 39.7 Å². The minimum Gasteiger partial charge on any atom is -0.489 e. The summed E-state index contributed by atoms with van der Waals surface area (Å²) in [7, 11) is 0. The van der Waals surface area contributed by atoms with Gasteiger partial charge in [0.2, 0.25) is 0 Å². The first-order chi connectivity index (χ1) is 15.6. The predicted octanol–water partition coefficient (Wildman–Crippen LogP) is 4.24. The van der Waals surface area contributed by atoms with Crippen molar-refractivity contribution in [2.75, 3.05) is 13.2 Å². The molecule has 0 radical (unpaired) electrons. The SMILES string of the molecule is Cc1ccccc1C[C@H](CO)NC(=O)c1c(C)nc2c(OCC3CCCCC3)cccn12. The normalized spacial score (nSPS) is 15.6. The Morgan fingerprint density at radius 2 is 1.97 bits per heavy atom. The Kier molecular flexibility index (Phi) is 7.10. The molecule has 3 aromatic rings. The Morgan fingerprint density at radius 3 is 2.72 bits per heavy atom. The van der Waals surface area contributed by atoms with Gasteiger partial charge in [-0.1, -0.05) is 43.5 Å². The number of aliphatic hydroxyl groups excluding tert-OH is 1. The number of nitrogens with one attached hydrogen (secondary N) is 1. The van der Waals surface area contributed by atoms with Crippen LogP contribution in [-0.2, 0) is 6.42 Å². The topological polar surface area (TPSA) is 75.9 Å². The molecule has 2 heterocycles. The summed E-state index contributed by atoms with van der Waals surface area (Å²) in [4.78, 5) is 17.8. The zero-order valence-corrected chi connectivity index (χ0v) is 19.0. The third-order valence-corrected chi connectivity index (χ3v) is 6.49. The van der Waals surface area contributed by atoms with Gasteiger partial charge < -0.3 is 15.2 Å². The number of carbonyl (C=O) groups excluding carboxylic acids is 1. The van der Waals surface area contributed by atoms with Crippen molar-refractivity contribution < 1.29 is 14.6 Å². The van der Waals surface area contributed by atoms with E-state index in [-0.39, 0.29) is 18.6 Å². The third-order valence-electron chi connectivity index (χ3n) is 6.49. The minimum atomic E-state index is -0.376. The summed E-state index contributed by atoms with van der Waals surface area (Å²) in [6, 6.07) is 11.5. The van der Waals surface area contributed by atoms with Crippen molar-refractivity contribution in [1.82, 2.24) is 14.7 Å². The predicted molar refractivity (Wildman–Crippen MR) is 125 cm³/mol. The van der Waals surface area contributed by atoms with Crippen LogP contribution in [0.2, 0.25) is 0 Å². The fourth-order valence-electron chi connectivity index (χ4n) is 4.62. The van der Waals surface area contributed by atoms with E-state index in [0.29, 0.717) is 41.7 Å². The van der Waals surface area contributed by atoms with Crippen LogP contribution in [0.5, 0.6) is 5.75 Å². The molecule has 1 aromatic carbocycles. The number of nitrogens with zero attached hydrogens (tertiary/aromatic N) is 2. The maximum absolute atomic E-state index is 13.2. The number of aliphatic hydroxyl groups is 1. The number of imidazole rings is 1. The zero-order valence-electron chi connectivity index (χ0n) is 19.0. The van der Waals surface area contributed by atoms with Gasteiger partial charge in [0.05, 0.1) is 24.9 Å². The van der Waals surface area contributed by atoms with E-state index in [9.17, 15) is 9.90 Å². The Labute approximate surface area is 189 Å². The summed E-state index contributed by atoms with van der Waals surface area (Å²) in [5, 5.41) is 12.9. The average molecular weight is 436 g/mol. The molecule has 0 saturated heterocycles. The van der Waals surface area contributed by atoms with Crippen LogP contribution >= 0.6 is 0 Å². The molecule has 0 aliphatic heterocycles. The molecule has 2 aromatic heterocycles. The Hall–Kier alpha value is -2.86. The maximum Gasteiger partial charge on any atom is 0.270 e. The highest BCUT2D eigenvalue weighted by Crippen LogP contribution is 2.27. The second-order valence-corrected chi connectivity index (χ2v) is 8.91. The fourth-order valence-corrected chi connectivity index (χ4v) is 4.62. The molecule has 1 atom stereocenters. The summed E-state index contributed by atoms with van der Waals surface area (Å²) < 4.78 is 7.94. The lowest BCUT2D eigenvalue weighted by Crippen LogP contribution is -2.40. The molecule has 6 nitrogen and oxygen atoms in total. The number of aryl methyl sites for hydroxylation is 2. The molecule has 170 valence electrons. The lowest BCUT2D eigenvalue weighted by Gasteiger charge is -2.21. The van der Waals surface area contributed by atoms with Crippen LogP contribution in [0.1, 0.15) is 59.4 Å². The number of ether oxygens (including phenoxy) is 1. The van der Waals surface area contributed by atoms with Crippen molar-refractivity contribution in [3.8, 4) is 5.75 Å². The highest BCUT2D eigenvalue weighted by Gasteiger charge is 2.22. The molecular formula is C26H33N3O3. The number of fused-ring (bicyclic) bond motifs is 1. The summed E-state index contributed by atoms with van der Waals surface area (Å²) >= 11 is 0. The molecule has 2 N–H and O–H groups in total. The zero-order chi connectivity index (χ0) is 22.5. The quantitative estimate of drug-likeness (QED) is 0.555. The summed E-state index contributed by atoms with van der Waals surface area (Å²) in [6.07, 6.45) is 8.72. The van der Waals surface area contributed by atoms with E-state index in [2.05, 4.69) is 10.3 Å². The molecule has 6 heteroatoms. The molecule has 1 aliphatic carbocycles. The standard InChI is InChI=1S/C26H33N3O3/c1-18-9-6-7-12-21(18)15-22(16-30)28-26(31)24-19(2)27-25-23(13-8-14-29(24)25)32-17-20-10-4-3-5-11-20/h6-9,12-14,20,22,30H,3-5,10-11,15-17H2,1-2H3,(H,28,31)/t22-/m1/s1. The van der Waals surface area contributed by atoms with Crippen LogP contribution in [0.15, 0.2) is 42.6 Å². The summed E-state index contributed by atoms with van der Waals surface area (Å²) in [6.45, 7) is 4.43. The van der Waals surface area contributed by atoms with Crippen molar-refractivity contribution in [2.45, 2.75) is 58.4 Å². The molecule has 1 saturated carbocycles. The number of hydrogen-bond acceptors (Lipinski definition) is 4. The molecule has 1 fully saturated rings. The van der Waals surface area contributed by atoms with E-state index in [4.69, 9.17) is 4.74 Å². The van der Waals surface area contributed by atoms with E-state index in [1.165, 1.54) is 32.1 Å². The number of aromatic nitrogens is 2. The lowest BCUT2D eigenvalue weighted by atomic mass is 9.90. The Bertz CT molecular complexity index is 1070. The molecule has 0 spiro atoms. The van der Waals surface area contributed by atoms with Crippen molar-refractivity contribution >= 4 is 11.6 Å². The van der Waals surface area contributed by atoms with Gasteiger partial charge in [-0.05, 0) is 62.3 Å². The lowest BCUT2D eigenvalue weighted by molar-refractivity contribution is 0.0909. The molecule has 1 aliphatic rings. The number of amides is 1. The number of carbonyl (C=O) groups is 1. The first-order valence-corrected chi connectivity index (χ1v) is 11.6. The fraction of sp³-hybridized carbons (Fsp3) is 0.462. The van der Waals surface area contributed by atoms with E-state index in [1.54, 1.807) is 4.40 Å². The molecule has 32 heavy (non-hydrogen) atoms. The van der Waals surface area contributed by atoms with Gasteiger partial charge in [0.25, 0.3) is 5.91 Å². The van der Waals surface area contributed by atoms with Crippen LogP contribution in [0, 0.1) is 19.8 Å². The van der Waals surface area contributed by atoms with Crippen molar-refractivity contribution in [1.29, 1.82) is 0 Å². The van der Waals surface area contributed by atoms with Gasteiger partial charge in [-0.25, -0.2) is 4.98 Å². The van der Waals surface area contributed by atoms with Gasteiger partial charge >= 0.3 is 0 Å². The molecule has 4 rings (SSSR count). The van der Waals surface area contributed by atoms with E-state index in [1.807, 2.05) is 56.4 Å². The van der Waals surface area contributed by atoms with Gasteiger partial charge in [0.15, 0.2) is 11.4 Å².